The van der Waals surface area contributed by atoms with Crippen LogP contribution < -0.4 is 5.32 Å². The minimum atomic E-state index is 0.651. The van der Waals surface area contributed by atoms with E-state index >= 15 is 0 Å². The molecule has 0 radical (unpaired) electrons. The van der Waals surface area contributed by atoms with E-state index in [0.717, 1.165) is 10.9 Å². The van der Waals surface area contributed by atoms with Gasteiger partial charge < -0.3 is 5.32 Å². The van der Waals surface area contributed by atoms with Gasteiger partial charge in [-0.3, -0.25) is 0 Å². The van der Waals surface area contributed by atoms with Gasteiger partial charge in [0.1, 0.15) is 0 Å². The summed E-state index contributed by atoms with van der Waals surface area (Å²) in [6, 6.07) is 2.50. The van der Waals surface area contributed by atoms with Crippen molar-refractivity contribution in [2.75, 3.05) is 12.3 Å². The predicted octanol–water partition coefficient (Wildman–Crippen LogP) is 1.71. The molecule has 0 aliphatic carbocycles. The Morgan fingerprint density at radius 3 is 2.93 bits per heavy atom. The van der Waals surface area contributed by atoms with Crippen molar-refractivity contribution in [2.24, 2.45) is 0 Å². The lowest BCUT2D eigenvalue weighted by atomic mass is 10.1. The second-order valence-electron chi connectivity index (χ2n) is 3.49. The molecule has 0 saturated carbocycles. The summed E-state index contributed by atoms with van der Waals surface area (Å²) in [5, 5.41) is 4.40. The lowest BCUT2D eigenvalue weighted by Gasteiger charge is -2.22. The minimum Gasteiger partial charge on any atom is -0.313 e. The number of hydrogen-bond donors (Lipinski definition) is 1. The third kappa shape index (κ3) is 2.96. The first-order valence-corrected chi connectivity index (χ1v) is 6.07. The zero-order valence-corrected chi connectivity index (χ0v) is 8.96. The molecule has 1 aromatic heterocycles. The molecule has 2 heterocycles. The maximum absolute atomic E-state index is 4.19. The molecule has 14 heavy (non-hydrogen) atoms. The van der Waals surface area contributed by atoms with E-state index in [1.54, 1.807) is 24.2 Å². The molecule has 1 atom stereocenters. The molecular weight excluding hydrogens is 194 g/mol. The second kappa shape index (κ2) is 5.32. The van der Waals surface area contributed by atoms with Crippen molar-refractivity contribution in [1.82, 2.24) is 15.3 Å². The lowest BCUT2D eigenvalue weighted by molar-refractivity contribution is 0.429. The summed E-state index contributed by atoms with van der Waals surface area (Å²) in [4.78, 5) is 8.37. The summed E-state index contributed by atoms with van der Waals surface area (Å²) in [5.74, 6) is 1.09. The highest BCUT2D eigenvalue weighted by Gasteiger charge is 2.12. The summed E-state index contributed by atoms with van der Waals surface area (Å²) < 4.78 is 0. The van der Waals surface area contributed by atoms with Crippen LogP contribution in [0.2, 0.25) is 0 Å². The van der Waals surface area contributed by atoms with Crippen molar-refractivity contribution < 1.29 is 0 Å². The van der Waals surface area contributed by atoms with Crippen molar-refractivity contribution >= 4 is 11.8 Å². The average molecular weight is 209 g/mol. The van der Waals surface area contributed by atoms with Gasteiger partial charge in [0, 0.05) is 24.2 Å². The Hall–Kier alpha value is -0.610. The fraction of sp³-hybridized carbons (Fsp3) is 0.600. The molecule has 2 rings (SSSR count). The standard InChI is InChI=1S/C10H15N3S/c1-2-5-11-9(4-1)8-14-10-12-6-3-7-13-10/h3,6-7,9,11H,1-2,4-5,8H2/t9-/m0/s1. The van der Waals surface area contributed by atoms with E-state index in [1.165, 1.54) is 25.8 Å². The lowest BCUT2D eigenvalue weighted by Crippen LogP contribution is -2.35. The molecule has 0 aromatic carbocycles. The van der Waals surface area contributed by atoms with Crippen molar-refractivity contribution in [3.63, 3.8) is 0 Å². The smallest absolute Gasteiger partial charge is 0.187 e. The summed E-state index contributed by atoms with van der Waals surface area (Å²) in [6.45, 7) is 1.17. The first-order valence-electron chi connectivity index (χ1n) is 5.08. The van der Waals surface area contributed by atoms with Crippen LogP contribution in [0.4, 0.5) is 0 Å². The Morgan fingerprint density at radius 2 is 2.21 bits per heavy atom. The first-order chi connectivity index (χ1) is 6.95. The van der Waals surface area contributed by atoms with E-state index in [-0.39, 0.29) is 0 Å². The van der Waals surface area contributed by atoms with Gasteiger partial charge in [0.25, 0.3) is 0 Å². The number of rotatable bonds is 3. The fourth-order valence-corrected chi connectivity index (χ4v) is 2.51. The molecular formula is C10H15N3S. The van der Waals surface area contributed by atoms with Crippen LogP contribution in [0.3, 0.4) is 0 Å². The molecule has 3 nitrogen and oxygen atoms in total. The monoisotopic (exact) mass is 209 g/mol. The molecule has 1 aliphatic rings. The molecule has 1 aliphatic heterocycles. The molecule has 1 saturated heterocycles. The van der Waals surface area contributed by atoms with Gasteiger partial charge in [-0.05, 0) is 25.5 Å². The number of nitrogens with zero attached hydrogens (tertiary/aromatic N) is 2. The van der Waals surface area contributed by atoms with Crippen molar-refractivity contribution in [2.45, 2.75) is 30.5 Å². The van der Waals surface area contributed by atoms with Gasteiger partial charge in [-0.15, -0.1) is 0 Å². The van der Waals surface area contributed by atoms with Gasteiger partial charge in [-0.1, -0.05) is 18.2 Å². The zero-order valence-electron chi connectivity index (χ0n) is 8.15. The Kier molecular flexibility index (Phi) is 3.77. The van der Waals surface area contributed by atoms with Crippen LogP contribution in [0.25, 0.3) is 0 Å². The Labute approximate surface area is 88.7 Å². The summed E-state index contributed by atoms with van der Waals surface area (Å²) in [7, 11) is 0. The van der Waals surface area contributed by atoms with Gasteiger partial charge in [0.05, 0.1) is 0 Å². The van der Waals surface area contributed by atoms with Crippen LogP contribution in [0.15, 0.2) is 23.6 Å². The summed E-state index contributed by atoms with van der Waals surface area (Å²) in [6.07, 6.45) is 7.56. The molecule has 4 heteroatoms. The van der Waals surface area contributed by atoms with Crippen LogP contribution >= 0.6 is 11.8 Å². The zero-order chi connectivity index (χ0) is 9.64. The Morgan fingerprint density at radius 1 is 1.36 bits per heavy atom. The summed E-state index contributed by atoms with van der Waals surface area (Å²) >= 11 is 1.74. The first kappa shape index (κ1) is 9.93. The van der Waals surface area contributed by atoms with E-state index in [0.29, 0.717) is 6.04 Å². The van der Waals surface area contributed by atoms with Gasteiger partial charge in [0.15, 0.2) is 5.16 Å². The average Bonchev–Trinajstić information content (AvgIpc) is 2.29. The van der Waals surface area contributed by atoms with E-state index < -0.39 is 0 Å². The van der Waals surface area contributed by atoms with Crippen LogP contribution in [0, 0.1) is 0 Å². The Bertz CT molecular complexity index is 259. The van der Waals surface area contributed by atoms with Gasteiger partial charge in [-0.25, -0.2) is 9.97 Å². The molecule has 0 bridgehead atoms. The predicted molar refractivity (Wildman–Crippen MR) is 58.4 cm³/mol. The minimum absolute atomic E-state index is 0.651. The number of hydrogen-bond acceptors (Lipinski definition) is 4. The molecule has 0 unspecified atom stereocenters. The van der Waals surface area contributed by atoms with Crippen LogP contribution in [-0.2, 0) is 0 Å². The van der Waals surface area contributed by atoms with Gasteiger partial charge in [-0.2, -0.15) is 0 Å². The number of nitrogens with one attached hydrogen (secondary N) is 1. The highest BCUT2D eigenvalue weighted by Crippen LogP contribution is 2.16. The van der Waals surface area contributed by atoms with Crippen molar-refractivity contribution in [3.05, 3.63) is 18.5 Å². The highest BCUT2D eigenvalue weighted by atomic mass is 32.2. The van der Waals surface area contributed by atoms with Crippen LogP contribution in [-0.4, -0.2) is 28.3 Å². The van der Waals surface area contributed by atoms with E-state index in [1.807, 2.05) is 6.07 Å². The number of aromatic nitrogens is 2. The second-order valence-corrected chi connectivity index (χ2v) is 4.48. The SMILES string of the molecule is c1cnc(SC[C@@H]2CCCCN2)nc1. The van der Waals surface area contributed by atoms with Crippen LogP contribution in [0.5, 0.6) is 0 Å². The molecule has 1 fully saturated rings. The van der Waals surface area contributed by atoms with E-state index in [9.17, 15) is 0 Å². The van der Waals surface area contributed by atoms with Crippen LogP contribution in [0.1, 0.15) is 19.3 Å². The fourth-order valence-electron chi connectivity index (χ4n) is 1.60. The third-order valence-corrected chi connectivity index (χ3v) is 3.41. The topological polar surface area (TPSA) is 37.8 Å². The molecule has 76 valence electrons. The normalized spacial score (nSPS) is 22.1. The third-order valence-electron chi connectivity index (χ3n) is 2.37. The molecule has 0 spiro atoms. The highest BCUT2D eigenvalue weighted by molar-refractivity contribution is 7.99. The van der Waals surface area contributed by atoms with Gasteiger partial charge in [0.2, 0.25) is 0 Å². The van der Waals surface area contributed by atoms with E-state index in [4.69, 9.17) is 0 Å². The maximum Gasteiger partial charge on any atom is 0.187 e. The molecule has 1 N–H and O–H groups in total. The van der Waals surface area contributed by atoms with Crippen molar-refractivity contribution in [3.8, 4) is 0 Å². The largest absolute Gasteiger partial charge is 0.313 e. The summed E-state index contributed by atoms with van der Waals surface area (Å²) in [5.41, 5.74) is 0. The van der Waals surface area contributed by atoms with Gasteiger partial charge >= 0.3 is 0 Å². The van der Waals surface area contributed by atoms with E-state index in [2.05, 4.69) is 15.3 Å². The number of piperidine rings is 1. The molecule has 0 amide bonds. The Balaban J connectivity index is 1.76. The van der Waals surface area contributed by atoms with Crippen molar-refractivity contribution in [1.29, 1.82) is 0 Å². The number of thioether (sulfide) groups is 1. The molecule has 1 aromatic rings. The maximum atomic E-state index is 4.19. The quantitative estimate of drug-likeness (QED) is 0.607.